The smallest absolute Gasteiger partial charge is 0.438 e. The summed E-state index contributed by atoms with van der Waals surface area (Å²) in [6.07, 6.45) is -4.95. The van der Waals surface area contributed by atoms with Gasteiger partial charge in [0.2, 0.25) is 11.6 Å². The van der Waals surface area contributed by atoms with Gasteiger partial charge in [-0.15, -0.1) is 0 Å². The quantitative estimate of drug-likeness (QED) is 0.662. The maximum Gasteiger partial charge on any atom is 0.438 e. The van der Waals surface area contributed by atoms with Gasteiger partial charge < -0.3 is 10.1 Å². The van der Waals surface area contributed by atoms with E-state index in [2.05, 4.69) is 10.3 Å². The third kappa shape index (κ3) is 4.40. The van der Waals surface area contributed by atoms with Crippen molar-refractivity contribution in [3.05, 3.63) is 69.1 Å². The molecule has 1 N–H and O–H groups in total. The van der Waals surface area contributed by atoms with E-state index < -0.39 is 29.4 Å². The summed E-state index contributed by atoms with van der Waals surface area (Å²) in [5.41, 5.74) is -0.549. The first-order valence-electron chi connectivity index (χ1n) is 9.55. The van der Waals surface area contributed by atoms with Gasteiger partial charge in [-0.2, -0.15) is 13.2 Å². The molecule has 1 heterocycles. The van der Waals surface area contributed by atoms with Gasteiger partial charge in [-0.05, 0) is 50.1 Å². The number of hydrogen-bond acceptors (Lipinski definition) is 4. The molecule has 2 aromatic carbocycles. The Morgan fingerprint density at radius 2 is 1.84 bits per heavy atom. The number of carbonyl (C=O) groups excluding carboxylic acids is 1. The van der Waals surface area contributed by atoms with Gasteiger partial charge in [0.05, 0.1) is 18.1 Å². The number of methoxy groups -OCH3 is 1. The number of aromatic nitrogens is 2. The number of nitrogens with one attached hydrogen (secondary N) is 1. The third-order valence-corrected chi connectivity index (χ3v) is 5.18. The molecule has 9 heteroatoms. The van der Waals surface area contributed by atoms with Gasteiger partial charge in [0.15, 0.2) is 0 Å². The fourth-order valence-corrected chi connectivity index (χ4v) is 3.33. The number of halogens is 3. The average molecular weight is 433 g/mol. The predicted octanol–water partition coefficient (Wildman–Crippen LogP) is 3.92. The number of hydrogen-bond donors (Lipinski definition) is 1. The van der Waals surface area contributed by atoms with Crippen molar-refractivity contribution < 1.29 is 22.7 Å². The van der Waals surface area contributed by atoms with Crippen molar-refractivity contribution in [2.45, 2.75) is 39.5 Å². The number of nitrogens with zero attached hydrogens (tertiary/aromatic N) is 2. The molecular formula is C22H22F3N3O3. The van der Waals surface area contributed by atoms with Gasteiger partial charge in [0, 0.05) is 12.1 Å². The van der Waals surface area contributed by atoms with Crippen LogP contribution in [0.1, 0.15) is 35.3 Å². The lowest BCUT2D eigenvalue weighted by Crippen LogP contribution is -2.39. The summed E-state index contributed by atoms with van der Waals surface area (Å²) in [6.45, 7) is 4.99. The van der Waals surface area contributed by atoms with Crippen molar-refractivity contribution in [3.63, 3.8) is 0 Å². The van der Waals surface area contributed by atoms with Crippen LogP contribution in [0.5, 0.6) is 5.75 Å². The first-order valence-corrected chi connectivity index (χ1v) is 9.55. The van der Waals surface area contributed by atoms with E-state index in [4.69, 9.17) is 4.74 Å². The van der Waals surface area contributed by atoms with Crippen LogP contribution in [0.25, 0.3) is 11.0 Å². The number of benzene rings is 2. The van der Waals surface area contributed by atoms with Crippen LogP contribution >= 0.6 is 0 Å². The summed E-state index contributed by atoms with van der Waals surface area (Å²) in [4.78, 5) is 29.1. The van der Waals surface area contributed by atoms with E-state index >= 15 is 0 Å². The van der Waals surface area contributed by atoms with Crippen LogP contribution < -0.4 is 15.6 Å². The second-order valence-corrected chi connectivity index (χ2v) is 7.26. The molecule has 0 aliphatic heterocycles. The van der Waals surface area contributed by atoms with E-state index in [0.29, 0.717) is 11.3 Å². The molecule has 3 rings (SSSR count). The van der Waals surface area contributed by atoms with Crippen molar-refractivity contribution in [3.8, 4) is 5.75 Å². The molecule has 0 bridgehead atoms. The molecule has 6 nitrogen and oxygen atoms in total. The minimum atomic E-state index is -4.95. The highest BCUT2D eigenvalue weighted by molar-refractivity contribution is 5.84. The third-order valence-electron chi connectivity index (χ3n) is 5.18. The molecule has 0 aliphatic rings. The number of alkyl halides is 3. The number of ether oxygens (including phenoxy) is 1. The normalized spacial score (nSPS) is 12.6. The topological polar surface area (TPSA) is 73.2 Å². The van der Waals surface area contributed by atoms with E-state index in [1.807, 2.05) is 0 Å². The van der Waals surface area contributed by atoms with Crippen molar-refractivity contribution >= 4 is 16.9 Å². The highest BCUT2D eigenvalue weighted by Gasteiger charge is 2.38. The zero-order valence-corrected chi connectivity index (χ0v) is 17.5. The molecular weight excluding hydrogens is 411 g/mol. The van der Waals surface area contributed by atoms with E-state index in [1.165, 1.54) is 20.1 Å². The first kappa shape index (κ1) is 22.3. The summed E-state index contributed by atoms with van der Waals surface area (Å²) in [5, 5.41) is 2.67. The molecule has 0 fully saturated rings. The molecule has 0 aliphatic carbocycles. The van der Waals surface area contributed by atoms with E-state index in [0.717, 1.165) is 15.7 Å². The minimum Gasteiger partial charge on any atom is -0.496 e. The Labute approximate surface area is 176 Å². The van der Waals surface area contributed by atoms with Crippen LogP contribution in [-0.4, -0.2) is 22.6 Å². The fraction of sp³-hybridized carbons (Fsp3) is 0.318. The zero-order valence-electron chi connectivity index (χ0n) is 17.5. The molecule has 0 spiro atoms. The molecule has 1 aromatic heterocycles. The first-order chi connectivity index (χ1) is 14.5. The summed E-state index contributed by atoms with van der Waals surface area (Å²) >= 11 is 0. The highest BCUT2D eigenvalue weighted by atomic mass is 19.4. The number of amides is 1. The van der Waals surface area contributed by atoms with E-state index in [9.17, 15) is 22.8 Å². The summed E-state index contributed by atoms with van der Waals surface area (Å²) in [6, 6.07) is 8.89. The van der Waals surface area contributed by atoms with Gasteiger partial charge in [-0.3, -0.25) is 14.2 Å². The lowest BCUT2D eigenvalue weighted by molar-refractivity contribution is -0.142. The lowest BCUT2D eigenvalue weighted by Gasteiger charge is -2.20. The number of fused-ring (bicyclic) bond motifs is 1. The number of aryl methyl sites for hydroxylation is 2. The van der Waals surface area contributed by atoms with Crippen LogP contribution in [0.2, 0.25) is 0 Å². The highest BCUT2D eigenvalue weighted by Crippen LogP contribution is 2.28. The van der Waals surface area contributed by atoms with Gasteiger partial charge in [-0.25, -0.2) is 4.98 Å². The number of carbonyl (C=O) groups is 1. The maximum atomic E-state index is 13.5. The predicted molar refractivity (Wildman–Crippen MR) is 110 cm³/mol. The van der Waals surface area contributed by atoms with E-state index in [1.54, 1.807) is 44.2 Å². The average Bonchev–Trinajstić information content (AvgIpc) is 2.71. The molecule has 1 atom stereocenters. The monoisotopic (exact) mass is 433 g/mol. The Kier molecular flexibility index (Phi) is 6.06. The van der Waals surface area contributed by atoms with Crippen molar-refractivity contribution in [1.29, 1.82) is 0 Å². The van der Waals surface area contributed by atoms with E-state index in [-0.39, 0.29) is 17.6 Å². The van der Waals surface area contributed by atoms with Crippen molar-refractivity contribution in [2.24, 2.45) is 0 Å². The second-order valence-electron chi connectivity index (χ2n) is 7.26. The molecule has 31 heavy (non-hydrogen) atoms. The van der Waals surface area contributed by atoms with Crippen molar-refractivity contribution in [2.75, 3.05) is 7.11 Å². The van der Waals surface area contributed by atoms with Crippen LogP contribution in [0.3, 0.4) is 0 Å². The molecule has 0 radical (unpaired) electrons. The Morgan fingerprint density at radius 3 is 2.48 bits per heavy atom. The molecule has 164 valence electrons. The van der Waals surface area contributed by atoms with Gasteiger partial charge in [0.25, 0.3) is 5.56 Å². The molecule has 3 aromatic rings. The molecule has 1 amide bonds. The van der Waals surface area contributed by atoms with Crippen LogP contribution in [0, 0.1) is 13.8 Å². The lowest BCUT2D eigenvalue weighted by atomic mass is 10.1. The minimum absolute atomic E-state index is 0.000552. The Bertz CT molecular complexity index is 1200. The summed E-state index contributed by atoms with van der Waals surface area (Å²) in [5.74, 6) is -0.0423. The second kappa shape index (κ2) is 8.41. The Hall–Kier alpha value is -3.36. The standard InChI is InChI=1S/C22H22F3N3O3/c1-12-9-16-17(10-13(12)2)28(21(30)19(27-16)22(23,24)25)14(3)20(29)26-11-15-7-5-6-8-18(15)31-4/h5-10,14H,11H2,1-4H3,(H,26,29). The van der Waals surface area contributed by atoms with Crippen LogP contribution in [-0.2, 0) is 17.5 Å². The van der Waals surface area contributed by atoms with Crippen LogP contribution in [0.15, 0.2) is 41.2 Å². The largest absolute Gasteiger partial charge is 0.496 e. The summed E-state index contributed by atoms with van der Waals surface area (Å²) < 4.78 is 46.5. The number of rotatable bonds is 5. The molecule has 0 saturated carbocycles. The van der Waals surface area contributed by atoms with Crippen molar-refractivity contribution in [1.82, 2.24) is 14.9 Å². The Balaban J connectivity index is 2.05. The maximum absolute atomic E-state index is 13.5. The summed E-state index contributed by atoms with van der Waals surface area (Å²) in [7, 11) is 1.49. The van der Waals surface area contributed by atoms with Crippen LogP contribution in [0.4, 0.5) is 13.2 Å². The fourth-order valence-electron chi connectivity index (χ4n) is 3.33. The van der Waals surface area contributed by atoms with Gasteiger partial charge >= 0.3 is 6.18 Å². The van der Waals surface area contributed by atoms with Gasteiger partial charge in [-0.1, -0.05) is 18.2 Å². The Morgan fingerprint density at radius 1 is 1.19 bits per heavy atom. The molecule has 0 saturated heterocycles. The number of para-hydroxylation sites is 1. The SMILES string of the molecule is COc1ccccc1CNC(=O)C(C)n1c(=O)c(C(F)(F)F)nc2cc(C)c(C)cc21. The zero-order chi connectivity index (χ0) is 22.9. The van der Waals surface area contributed by atoms with Gasteiger partial charge in [0.1, 0.15) is 11.8 Å². The molecule has 1 unspecified atom stereocenters.